The molecule has 0 atom stereocenters. The second kappa shape index (κ2) is 7.13. The van der Waals surface area contributed by atoms with Crippen LogP contribution in [0.2, 0.25) is 0 Å². The average Bonchev–Trinajstić information content (AvgIpc) is 2.42. The van der Waals surface area contributed by atoms with Crippen LogP contribution in [-0.4, -0.2) is 4.98 Å². The second-order valence-electron chi connectivity index (χ2n) is 5.22. The first-order chi connectivity index (χ1) is 9.31. The van der Waals surface area contributed by atoms with E-state index in [1.807, 2.05) is 18.2 Å². The van der Waals surface area contributed by atoms with E-state index >= 15 is 0 Å². The van der Waals surface area contributed by atoms with Crippen molar-refractivity contribution in [3.05, 3.63) is 46.2 Å². The van der Waals surface area contributed by atoms with Crippen LogP contribution in [0.25, 0.3) is 10.9 Å². The summed E-state index contributed by atoms with van der Waals surface area (Å²) in [6.07, 6.45) is 8.74. The van der Waals surface area contributed by atoms with Gasteiger partial charge in [0, 0.05) is 17.0 Å². The number of nitrogens with one attached hydrogen (secondary N) is 1. The molecule has 0 fully saturated rings. The van der Waals surface area contributed by atoms with Crippen LogP contribution in [0.15, 0.2) is 35.1 Å². The van der Waals surface area contributed by atoms with Crippen molar-refractivity contribution in [2.75, 3.05) is 0 Å². The number of H-pyrrole nitrogens is 1. The molecule has 2 nitrogen and oxygen atoms in total. The molecular formula is C17H23NO. The lowest BCUT2D eigenvalue weighted by molar-refractivity contribution is 0.608. The van der Waals surface area contributed by atoms with E-state index in [1.54, 1.807) is 6.07 Å². The summed E-state index contributed by atoms with van der Waals surface area (Å²) < 4.78 is 0. The lowest BCUT2D eigenvalue weighted by Gasteiger charge is -2.06. The van der Waals surface area contributed by atoms with E-state index in [-0.39, 0.29) is 5.56 Å². The Morgan fingerprint density at radius 2 is 1.74 bits per heavy atom. The zero-order valence-corrected chi connectivity index (χ0v) is 11.7. The number of unbranched alkanes of at least 4 members (excludes halogenated alkanes) is 5. The molecule has 0 spiro atoms. The fraction of sp³-hybridized carbons (Fsp3) is 0.471. The summed E-state index contributed by atoms with van der Waals surface area (Å²) in [6.45, 7) is 2.24. The molecule has 0 bridgehead atoms. The Hall–Kier alpha value is -1.57. The van der Waals surface area contributed by atoms with E-state index in [9.17, 15) is 4.79 Å². The number of pyridine rings is 1. The molecule has 0 saturated carbocycles. The zero-order chi connectivity index (χ0) is 13.5. The first-order valence-corrected chi connectivity index (χ1v) is 7.42. The van der Waals surface area contributed by atoms with Crippen molar-refractivity contribution in [1.29, 1.82) is 0 Å². The SMILES string of the molecule is CCCCCCCCc1cc(=O)[nH]c2ccccc12. The maximum atomic E-state index is 11.6. The van der Waals surface area contributed by atoms with Crippen molar-refractivity contribution in [3.63, 3.8) is 0 Å². The topological polar surface area (TPSA) is 32.9 Å². The number of aromatic amines is 1. The van der Waals surface area contributed by atoms with Gasteiger partial charge in [0.05, 0.1) is 0 Å². The van der Waals surface area contributed by atoms with Crippen LogP contribution >= 0.6 is 0 Å². The van der Waals surface area contributed by atoms with E-state index in [0.29, 0.717) is 0 Å². The third-order valence-electron chi connectivity index (χ3n) is 3.64. The third kappa shape index (κ3) is 3.95. The van der Waals surface area contributed by atoms with Gasteiger partial charge in [-0.15, -0.1) is 0 Å². The molecule has 2 aromatic rings. The van der Waals surface area contributed by atoms with Crippen molar-refractivity contribution in [2.45, 2.75) is 51.9 Å². The molecule has 1 N–H and O–H groups in total. The molecule has 0 saturated heterocycles. The Morgan fingerprint density at radius 1 is 1.00 bits per heavy atom. The lowest BCUT2D eigenvalue weighted by Crippen LogP contribution is -2.06. The van der Waals surface area contributed by atoms with Gasteiger partial charge in [-0.1, -0.05) is 57.2 Å². The van der Waals surface area contributed by atoms with Crippen LogP contribution < -0.4 is 5.56 Å². The summed E-state index contributed by atoms with van der Waals surface area (Å²) in [4.78, 5) is 14.5. The van der Waals surface area contributed by atoms with Crippen molar-refractivity contribution in [3.8, 4) is 0 Å². The van der Waals surface area contributed by atoms with Gasteiger partial charge in [0.15, 0.2) is 0 Å². The van der Waals surface area contributed by atoms with Gasteiger partial charge in [0.25, 0.3) is 0 Å². The molecule has 0 radical (unpaired) electrons. The lowest BCUT2D eigenvalue weighted by atomic mass is 10.0. The van der Waals surface area contributed by atoms with E-state index < -0.39 is 0 Å². The van der Waals surface area contributed by atoms with E-state index in [0.717, 1.165) is 11.9 Å². The van der Waals surface area contributed by atoms with Crippen LogP contribution in [-0.2, 0) is 6.42 Å². The predicted octanol–water partition coefficient (Wildman–Crippen LogP) is 4.43. The molecule has 1 heterocycles. The Labute approximate surface area is 114 Å². The summed E-state index contributed by atoms with van der Waals surface area (Å²) in [5.41, 5.74) is 2.16. The van der Waals surface area contributed by atoms with E-state index in [4.69, 9.17) is 0 Å². The normalized spacial score (nSPS) is 11.0. The van der Waals surface area contributed by atoms with Crippen LogP contribution in [0.3, 0.4) is 0 Å². The molecule has 0 aliphatic heterocycles. The van der Waals surface area contributed by atoms with Gasteiger partial charge in [-0.3, -0.25) is 4.79 Å². The fourth-order valence-electron chi connectivity index (χ4n) is 2.58. The summed E-state index contributed by atoms with van der Waals surface area (Å²) in [7, 11) is 0. The predicted molar refractivity (Wildman–Crippen MR) is 81.6 cm³/mol. The maximum absolute atomic E-state index is 11.6. The molecule has 0 aliphatic rings. The number of rotatable bonds is 7. The Balaban J connectivity index is 1.98. The average molecular weight is 257 g/mol. The highest BCUT2D eigenvalue weighted by Gasteiger charge is 2.02. The van der Waals surface area contributed by atoms with Gasteiger partial charge in [-0.05, 0) is 24.5 Å². The Morgan fingerprint density at radius 3 is 2.58 bits per heavy atom. The van der Waals surface area contributed by atoms with Gasteiger partial charge in [-0.2, -0.15) is 0 Å². The molecule has 19 heavy (non-hydrogen) atoms. The number of hydrogen-bond acceptors (Lipinski definition) is 1. The number of para-hydroxylation sites is 1. The van der Waals surface area contributed by atoms with Crippen LogP contribution in [0.5, 0.6) is 0 Å². The summed E-state index contributed by atoms with van der Waals surface area (Å²) in [5.74, 6) is 0. The molecule has 102 valence electrons. The molecule has 0 unspecified atom stereocenters. The van der Waals surface area contributed by atoms with Crippen LogP contribution in [0, 0.1) is 0 Å². The quantitative estimate of drug-likeness (QED) is 0.731. The molecule has 1 aromatic carbocycles. The molecule has 0 aliphatic carbocycles. The third-order valence-corrected chi connectivity index (χ3v) is 3.64. The number of aromatic nitrogens is 1. The fourth-order valence-corrected chi connectivity index (χ4v) is 2.58. The zero-order valence-electron chi connectivity index (χ0n) is 11.7. The van der Waals surface area contributed by atoms with Crippen molar-refractivity contribution < 1.29 is 0 Å². The highest BCUT2D eigenvalue weighted by molar-refractivity contribution is 5.81. The monoisotopic (exact) mass is 257 g/mol. The van der Waals surface area contributed by atoms with Crippen molar-refractivity contribution >= 4 is 10.9 Å². The summed E-state index contributed by atoms with van der Waals surface area (Å²) >= 11 is 0. The van der Waals surface area contributed by atoms with Gasteiger partial charge in [-0.25, -0.2) is 0 Å². The molecular weight excluding hydrogens is 234 g/mol. The van der Waals surface area contributed by atoms with Gasteiger partial charge >= 0.3 is 0 Å². The minimum atomic E-state index is 0.0136. The highest BCUT2D eigenvalue weighted by atomic mass is 16.1. The molecule has 0 amide bonds. The standard InChI is InChI=1S/C17H23NO/c1-2-3-4-5-6-7-10-14-13-17(19)18-16-12-9-8-11-15(14)16/h8-9,11-13H,2-7,10H2,1H3,(H,18,19). The molecule has 2 heteroatoms. The number of fused-ring (bicyclic) bond motifs is 1. The highest BCUT2D eigenvalue weighted by Crippen LogP contribution is 2.17. The van der Waals surface area contributed by atoms with Crippen molar-refractivity contribution in [1.82, 2.24) is 4.98 Å². The van der Waals surface area contributed by atoms with Gasteiger partial charge in [0.2, 0.25) is 5.56 Å². The summed E-state index contributed by atoms with van der Waals surface area (Å²) in [5, 5.41) is 1.19. The maximum Gasteiger partial charge on any atom is 0.248 e. The number of hydrogen-bond donors (Lipinski definition) is 1. The van der Waals surface area contributed by atoms with Crippen LogP contribution in [0.4, 0.5) is 0 Å². The largest absolute Gasteiger partial charge is 0.322 e. The van der Waals surface area contributed by atoms with Crippen LogP contribution in [0.1, 0.15) is 51.0 Å². The molecule has 1 aromatic heterocycles. The van der Waals surface area contributed by atoms with Crippen molar-refractivity contribution in [2.24, 2.45) is 0 Å². The van der Waals surface area contributed by atoms with E-state index in [2.05, 4.69) is 18.0 Å². The van der Waals surface area contributed by atoms with E-state index in [1.165, 1.54) is 49.5 Å². The number of aryl methyl sites for hydroxylation is 1. The Kier molecular flexibility index (Phi) is 5.20. The molecule has 2 rings (SSSR count). The van der Waals surface area contributed by atoms with Gasteiger partial charge < -0.3 is 4.98 Å². The smallest absolute Gasteiger partial charge is 0.248 e. The second-order valence-corrected chi connectivity index (χ2v) is 5.22. The minimum Gasteiger partial charge on any atom is -0.322 e. The first kappa shape index (κ1) is 13.9. The van der Waals surface area contributed by atoms with Gasteiger partial charge in [0.1, 0.15) is 0 Å². The number of benzene rings is 1. The minimum absolute atomic E-state index is 0.0136. The summed E-state index contributed by atoms with van der Waals surface area (Å²) in [6, 6.07) is 9.83. The Bertz CT molecular complexity index is 571. The first-order valence-electron chi connectivity index (χ1n) is 7.42.